The van der Waals surface area contributed by atoms with Gasteiger partial charge < -0.3 is 9.47 Å². The van der Waals surface area contributed by atoms with Crippen LogP contribution in [0.3, 0.4) is 0 Å². The van der Waals surface area contributed by atoms with E-state index in [1.165, 1.54) is 18.1 Å². The van der Waals surface area contributed by atoms with Gasteiger partial charge in [-0.05, 0) is 18.8 Å². The standard InChI is InChI=1S/C13H21NO4/c1-4-6-10-8-11(12(15)17-3)14(9-10)13(16)18-7-5-2/h5,10-11H,2,4,6-9H2,1,3H3/t10-,11+/m1/s1. The number of ether oxygens (including phenoxy) is 2. The first-order valence-corrected chi connectivity index (χ1v) is 6.26. The van der Waals surface area contributed by atoms with E-state index in [0.717, 1.165) is 12.8 Å². The van der Waals surface area contributed by atoms with Gasteiger partial charge in [0.15, 0.2) is 0 Å². The number of carbonyl (C=O) groups is 2. The van der Waals surface area contributed by atoms with E-state index >= 15 is 0 Å². The fraction of sp³-hybridized carbons (Fsp3) is 0.692. The summed E-state index contributed by atoms with van der Waals surface area (Å²) < 4.78 is 9.72. The molecule has 1 fully saturated rings. The molecule has 2 atom stereocenters. The van der Waals surface area contributed by atoms with Gasteiger partial charge in [-0.2, -0.15) is 0 Å². The second-order valence-electron chi connectivity index (χ2n) is 4.45. The van der Waals surface area contributed by atoms with Crippen LogP contribution in [0, 0.1) is 5.92 Å². The molecule has 1 heterocycles. The summed E-state index contributed by atoms with van der Waals surface area (Å²) >= 11 is 0. The van der Waals surface area contributed by atoms with Crippen molar-refractivity contribution in [1.29, 1.82) is 0 Å². The summed E-state index contributed by atoms with van der Waals surface area (Å²) in [5.41, 5.74) is 0. The summed E-state index contributed by atoms with van der Waals surface area (Å²) in [6.45, 7) is 6.29. The van der Waals surface area contributed by atoms with Crippen molar-refractivity contribution >= 4 is 12.1 Å². The number of rotatable bonds is 5. The van der Waals surface area contributed by atoms with E-state index < -0.39 is 12.1 Å². The highest BCUT2D eigenvalue weighted by atomic mass is 16.6. The predicted molar refractivity (Wildman–Crippen MR) is 67.1 cm³/mol. The molecule has 0 unspecified atom stereocenters. The average molecular weight is 255 g/mol. The Kier molecular flexibility index (Phi) is 5.68. The molecule has 0 aromatic heterocycles. The first kappa shape index (κ1) is 14.5. The number of carbonyl (C=O) groups excluding carboxylic acids is 2. The molecule has 1 saturated heterocycles. The lowest BCUT2D eigenvalue weighted by Gasteiger charge is -2.21. The van der Waals surface area contributed by atoms with Crippen molar-refractivity contribution in [2.75, 3.05) is 20.3 Å². The maximum absolute atomic E-state index is 11.8. The van der Waals surface area contributed by atoms with Crippen molar-refractivity contribution in [2.24, 2.45) is 5.92 Å². The zero-order valence-corrected chi connectivity index (χ0v) is 11.1. The van der Waals surface area contributed by atoms with Crippen LogP contribution in [-0.4, -0.2) is 43.3 Å². The first-order valence-electron chi connectivity index (χ1n) is 6.26. The number of amides is 1. The van der Waals surface area contributed by atoms with E-state index in [2.05, 4.69) is 13.5 Å². The summed E-state index contributed by atoms with van der Waals surface area (Å²) in [6, 6.07) is -0.510. The lowest BCUT2D eigenvalue weighted by Crippen LogP contribution is -2.41. The van der Waals surface area contributed by atoms with Gasteiger partial charge in [-0.15, -0.1) is 0 Å². The highest BCUT2D eigenvalue weighted by Crippen LogP contribution is 2.28. The minimum absolute atomic E-state index is 0.154. The summed E-state index contributed by atoms with van der Waals surface area (Å²) in [5.74, 6) is -0.0282. The van der Waals surface area contributed by atoms with Crippen LogP contribution in [-0.2, 0) is 14.3 Å². The van der Waals surface area contributed by atoms with Crippen molar-refractivity contribution in [3.8, 4) is 0 Å². The SMILES string of the molecule is C=CCOC(=O)N1C[C@H](CCC)C[C@H]1C(=O)OC. The molecule has 0 N–H and O–H groups in total. The Morgan fingerprint density at radius 3 is 2.78 bits per heavy atom. The molecule has 0 aromatic carbocycles. The van der Waals surface area contributed by atoms with Gasteiger partial charge in [0.05, 0.1) is 7.11 Å². The number of hydrogen-bond acceptors (Lipinski definition) is 4. The van der Waals surface area contributed by atoms with Crippen LogP contribution in [0.4, 0.5) is 4.79 Å². The van der Waals surface area contributed by atoms with Gasteiger partial charge >= 0.3 is 12.1 Å². The molecule has 0 saturated carbocycles. The largest absolute Gasteiger partial charge is 0.467 e. The molecule has 102 valence electrons. The minimum Gasteiger partial charge on any atom is -0.467 e. The van der Waals surface area contributed by atoms with Crippen LogP contribution >= 0.6 is 0 Å². The van der Waals surface area contributed by atoms with Crippen molar-refractivity contribution in [2.45, 2.75) is 32.2 Å². The quantitative estimate of drug-likeness (QED) is 0.556. The van der Waals surface area contributed by atoms with E-state index in [4.69, 9.17) is 9.47 Å². The van der Waals surface area contributed by atoms with Gasteiger partial charge in [0, 0.05) is 6.54 Å². The van der Waals surface area contributed by atoms with Gasteiger partial charge in [-0.25, -0.2) is 9.59 Å². The zero-order valence-electron chi connectivity index (χ0n) is 11.1. The number of hydrogen-bond donors (Lipinski definition) is 0. The van der Waals surface area contributed by atoms with Gasteiger partial charge in [-0.3, -0.25) is 4.90 Å². The van der Waals surface area contributed by atoms with Gasteiger partial charge in [-0.1, -0.05) is 26.0 Å². The van der Waals surface area contributed by atoms with Gasteiger partial charge in [0.1, 0.15) is 12.6 Å². The van der Waals surface area contributed by atoms with Crippen molar-refractivity contribution in [1.82, 2.24) is 4.90 Å². The van der Waals surface area contributed by atoms with Crippen molar-refractivity contribution in [3.63, 3.8) is 0 Å². The van der Waals surface area contributed by atoms with Gasteiger partial charge in [0.2, 0.25) is 0 Å². The van der Waals surface area contributed by atoms with Crippen LogP contribution in [0.5, 0.6) is 0 Å². The molecule has 1 aliphatic heterocycles. The normalized spacial score (nSPS) is 22.7. The molecule has 0 spiro atoms. The molecule has 5 heteroatoms. The number of methoxy groups -OCH3 is 1. The third-order valence-electron chi connectivity index (χ3n) is 3.12. The molecule has 5 nitrogen and oxygen atoms in total. The van der Waals surface area contributed by atoms with Crippen LogP contribution in [0.2, 0.25) is 0 Å². The molecule has 1 amide bonds. The Bertz CT molecular complexity index is 316. The molecule has 0 aromatic rings. The maximum atomic E-state index is 11.8. The Labute approximate surface area is 108 Å². The van der Waals surface area contributed by atoms with Crippen LogP contribution in [0.1, 0.15) is 26.2 Å². The Morgan fingerprint density at radius 2 is 2.22 bits per heavy atom. The Morgan fingerprint density at radius 1 is 1.50 bits per heavy atom. The first-order chi connectivity index (χ1) is 8.63. The fourth-order valence-corrected chi connectivity index (χ4v) is 2.31. The predicted octanol–water partition coefficient (Wildman–Crippen LogP) is 1.97. The molecule has 0 aliphatic carbocycles. The molecule has 0 bridgehead atoms. The minimum atomic E-state index is -0.510. The topological polar surface area (TPSA) is 55.8 Å². The van der Waals surface area contributed by atoms with E-state index in [9.17, 15) is 9.59 Å². The lowest BCUT2D eigenvalue weighted by molar-refractivity contribution is -0.145. The number of likely N-dealkylation sites (tertiary alicyclic amines) is 1. The Balaban J connectivity index is 2.68. The molecular formula is C13H21NO4. The van der Waals surface area contributed by atoms with E-state index in [-0.39, 0.29) is 12.6 Å². The maximum Gasteiger partial charge on any atom is 0.410 e. The lowest BCUT2D eigenvalue weighted by atomic mass is 10.0. The highest BCUT2D eigenvalue weighted by Gasteiger charge is 2.40. The number of nitrogens with zero attached hydrogens (tertiary/aromatic N) is 1. The number of esters is 1. The van der Waals surface area contributed by atoms with Crippen LogP contribution < -0.4 is 0 Å². The second kappa shape index (κ2) is 7.03. The third kappa shape index (κ3) is 3.48. The molecule has 1 aliphatic rings. The molecular weight excluding hydrogens is 234 g/mol. The molecule has 1 rings (SSSR count). The van der Waals surface area contributed by atoms with Gasteiger partial charge in [0.25, 0.3) is 0 Å². The van der Waals surface area contributed by atoms with Crippen molar-refractivity contribution < 1.29 is 19.1 Å². The highest BCUT2D eigenvalue weighted by molar-refractivity contribution is 5.82. The monoisotopic (exact) mass is 255 g/mol. The summed E-state index contributed by atoms with van der Waals surface area (Å²) in [4.78, 5) is 25.0. The summed E-state index contributed by atoms with van der Waals surface area (Å²) in [5, 5.41) is 0. The average Bonchev–Trinajstić information content (AvgIpc) is 2.79. The van der Waals surface area contributed by atoms with E-state index in [1.807, 2.05) is 0 Å². The Hall–Kier alpha value is -1.52. The van der Waals surface area contributed by atoms with Crippen LogP contribution in [0.25, 0.3) is 0 Å². The molecule has 18 heavy (non-hydrogen) atoms. The van der Waals surface area contributed by atoms with E-state index in [0.29, 0.717) is 18.9 Å². The fourth-order valence-electron chi connectivity index (χ4n) is 2.31. The summed E-state index contributed by atoms with van der Waals surface area (Å²) in [7, 11) is 1.34. The molecule has 0 radical (unpaired) electrons. The second-order valence-corrected chi connectivity index (χ2v) is 4.45. The van der Waals surface area contributed by atoms with Crippen LogP contribution in [0.15, 0.2) is 12.7 Å². The zero-order chi connectivity index (χ0) is 13.5. The smallest absolute Gasteiger partial charge is 0.410 e. The van der Waals surface area contributed by atoms with Crippen molar-refractivity contribution in [3.05, 3.63) is 12.7 Å². The van der Waals surface area contributed by atoms with E-state index in [1.54, 1.807) is 0 Å². The third-order valence-corrected chi connectivity index (χ3v) is 3.12. The summed E-state index contributed by atoms with van der Waals surface area (Å²) in [6.07, 6.45) is 3.73.